The second-order valence-electron chi connectivity index (χ2n) is 13.3. The first kappa shape index (κ1) is 34.9. The van der Waals surface area contributed by atoms with Crippen molar-refractivity contribution in [2.45, 2.75) is 75.3 Å². The van der Waals surface area contributed by atoms with Gasteiger partial charge in [-0.25, -0.2) is 0 Å². The number of anilines is 1. The number of likely N-dealkylation sites (N-methyl/N-ethyl adjacent to an activating group) is 1. The van der Waals surface area contributed by atoms with E-state index in [9.17, 15) is 24.3 Å². The highest BCUT2D eigenvalue weighted by Crippen LogP contribution is 2.56. The lowest BCUT2D eigenvalue weighted by Gasteiger charge is -2.36. The third-order valence-corrected chi connectivity index (χ3v) is 10.7. The van der Waals surface area contributed by atoms with Gasteiger partial charge in [0.2, 0.25) is 11.8 Å². The van der Waals surface area contributed by atoms with Gasteiger partial charge in [-0.05, 0) is 43.9 Å². The molecule has 0 saturated carbocycles. The number of hydrogen-bond acceptors (Lipinski definition) is 7. The molecule has 11 heteroatoms. The van der Waals surface area contributed by atoms with Crippen molar-refractivity contribution in [3.8, 4) is 0 Å². The highest BCUT2D eigenvalue weighted by atomic mass is 35.5. The molecule has 0 unspecified atom stereocenters. The molecule has 1 N–H and O–H groups in total. The van der Waals surface area contributed by atoms with Crippen LogP contribution in [-0.4, -0.2) is 89.1 Å². The number of unbranched alkanes of at least 4 members (excludes halogenated alkanes) is 3. The molecule has 10 nitrogen and oxygen atoms in total. The number of rotatable bonds is 8. The largest absolute Gasteiger partial charge is 0.455 e. The van der Waals surface area contributed by atoms with Crippen LogP contribution in [0.25, 0.3) is 0 Å². The van der Waals surface area contributed by atoms with E-state index in [0.29, 0.717) is 30.0 Å². The summed E-state index contributed by atoms with van der Waals surface area (Å²) in [4.78, 5) is 61.9. The van der Waals surface area contributed by atoms with Crippen molar-refractivity contribution >= 4 is 41.0 Å². The topological polar surface area (TPSA) is 117 Å². The van der Waals surface area contributed by atoms with Crippen LogP contribution in [-0.2, 0) is 28.7 Å². The van der Waals surface area contributed by atoms with Gasteiger partial charge in [-0.1, -0.05) is 91.2 Å². The molecule has 0 radical (unpaired) electrons. The van der Waals surface area contributed by atoms with Gasteiger partial charge in [-0.3, -0.25) is 19.2 Å². The molecule has 2 fully saturated rings. The second kappa shape index (κ2) is 14.9. The van der Waals surface area contributed by atoms with Gasteiger partial charge in [0, 0.05) is 33.2 Å². The Hall–Kier alpha value is -3.99. The van der Waals surface area contributed by atoms with Gasteiger partial charge in [0.15, 0.2) is 0 Å². The summed E-state index contributed by atoms with van der Waals surface area (Å²) >= 11 is 6.66. The van der Waals surface area contributed by atoms with E-state index >= 15 is 0 Å². The Balaban J connectivity index is 1.43. The maximum absolute atomic E-state index is 14.9. The van der Waals surface area contributed by atoms with Gasteiger partial charge in [0.1, 0.15) is 23.7 Å². The third kappa shape index (κ3) is 6.54. The first-order valence-electron chi connectivity index (χ1n) is 17.2. The lowest BCUT2D eigenvalue weighted by atomic mass is 9.74. The van der Waals surface area contributed by atoms with Gasteiger partial charge in [-0.15, -0.1) is 0 Å². The quantitative estimate of drug-likeness (QED) is 0.239. The number of fused-ring (bicyclic) bond motifs is 2. The molecule has 1 spiro atoms. The number of carbonyl (C=O) groups excluding carboxylic acids is 4. The molecule has 2 aromatic rings. The molecule has 49 heavy (non-hydrogen) atoms. The van der Waals surface area contributed by atoms with Crippen molar-refractivity contribution in [3.63, 3.8) is 0 Å². The van der Waals surface area contributed by atoms with Crippen molar-refractivity contribution in [2.75, 3.05) is 31.6 Å². The smallest absolute Gasteiger partial charge is 0.313 e. The zero-order valence-electron chi connectivity index (χ0n) is 27.9. The predicted octanol–water partition coefficient (Wildman–Crippen LogP) is 4.86. The average Bonchev–Trinajstić information content (AvgIpc) is 3.75. The number of benzene rings is 2. The fourth-order valence-corrected chi connectivity index (χ4v) is 7.97. The summed E-state index contributed by atoms with van der Waals surface area (Å²) in [5, 5.41) is 9.64. The first-order chi connectivity index (χ1) is 23.7. The molecular formula is C38H44ClN3O7. The Kier molecular flexibility index (Phi) is 10.6. The number of carbonyl (C=O) groups is 4. The van der Waals surface area contributed by atoms with E-state index in [4.69, 9.17) is 21.1 Å². The van der Waals surface area contributed by atoms with Gasteiger partial charge in [0.25, 0.3) is 5.91 Å². The average molecular weight is 690 g/mol. The highest BCUT2D eigenvalue weighted by molar-refractivity contribution is 6.34. The number of ether oxygens (including phenoxy) is 2. The number of aliphatic hydroxyl groups excluding tert-OH is 1. The minimum atomic E-state index is -1.38. The molecule has 260 valence electrons. The number of aliphatic hydroxyl groups is 1. The molecule has 4 aliphatic heterocycles. The monoisotopic (exact) mass is 689 g/mol. The Morgan fingerprint density at radius 3 is 2.43 bits per heavy atom. The molecule has 5 bridgehead atoms. The SMILES string of the molecule is C[C@@H]1[C@@H](c2ccccc2)OC(=O)[C@@H]2[C@@H]3C=C[C@]4(O3)[C@H](C(=O)N(c3ccccc3Cl)C/C=C\CCC(=O)N1C)N(CCCCCCO)C(=O)[C@@H]24. The summed E-state index contributed by atoms with van der Waals surface area (Å²) in [5.74, 6) is -3.41. The summed E-state index contributed by atoms with van der Waals surface area (Å²) < 4.78 is 12.9. The van der Waals surface area contributed by atoms with Crippen LogP contribution >= 0.6 is 11.6 Å². The van der Waals surface area contributed by atoms with E-state index in [2.05, 4.69) is 0 Å². The number of nitrogens with zero attached hydrogens (tertiary/aromatic N) is 3. The standard InChI is InChI=1S/C38H44ClN3O7/c1-25-33(26-15-7-5-8-16-26)48-37(47)31-29-20-21-38(49-29)32(31)35(45)42(23-12-3-4-14-24-43)34(38)36(46)41(28-18-11-10-17-27(28)39)22-13-6-9-19-30(44)40(25)2/h5-8,10-11,13,15-18,20-21,25,29,31-34,43H,3-4,9,12,14,19,22-24H2,1-2H3/b13-6-/t25-,29+,31-,32-,33+,34+,38-/m1/s1. The van der Waals surface area contributed by atoms with Gasteiger partial charge in [0.05, 0.1) is 28.8 Å². The summed E-state index contributed by atoms with van der Waals surface area (Å²) in [6, 6.07) is 14.8. The Morgan fingerprint density at radius 1 is 0.939 bits per heavy atom. The summed E-state index contributed by atoms with van der Waals surface area (Å²) in [6.07, 6.45) is 9.16. The number of allylic oxidation sites excluding steroid dienone is 1. The predicted molar refractivity (Wildman–Crippen MR) is 184 cm³/mol. The molecule has 4 aliphatic rings. The second-order valence-corrected chi connectivity index (χ2v) is 13.7. The van der Waals surface area contributed by atoms with Crippen molar-refractivity contribution < 1.29 is 33.8 Å². The molecule has 7 atom stereocenters. The van der Waals surface area contributed by atoms with Crippen LogP contribution < -0.4 is 4.90 Å². The van der Waals surface area contributed by atoms with E-state index in [1.807, 2.05) is 49.4 Å². The van der Waals surface area contributed by atoms with E-state index in [1.165, 1.54) is 0 Å². The van der Waals surface area contributed by atoms with Gasteiger partial charge in [-0.2, -0.15) is 0 Å². The van der Waals surface area contributed by atoms with Crippen molar-refractivity contribution in [1.82, 2.24) is 9.80 Å². The Morgan fingerprint density at radius 2 is 1.67 bits per heavy atom. The Labute approximate surface area is 292 Å². The summed E-state index contributed by atoms with van der Waals surface area (Å²) in [5.41, 5.74) is -0.179. The van der Waals surface area contributed by atoms with Crippen molar-refractivity contribution in [1.29, 1.82) is 0 Å². The van der Waals surface area contributed by atoms with Crippen LogP contribution in [0.5, 0.6) is 0 Å². The van der Waals surface area contributed by atoms with Gasteiger partial charge >= 0.3 is 5.97 Å². The number of amides is 3. The van der Waals surface area contributed by atoms with E-state index in [1.54, 1.807) is 58.2 Å². The fraction of sp³-hybridized carbons (Fsp3) is 0.474. The van der Waals surface area contributed by atoms with Crippen LogP contribution in [0.15, 0.2) is 78.9 Å². The molecular weight excluding hydrogens is 646 g/mol. The van der Waals surface area contributed by atoms with Crippen LogP contribution in [0.4, 0.5) is 5.69 Å². The summed E-state index contributed by atoms with van der Waals surface area (Å²) in [7, 11) is 1.70. The molecule has 2 aromatic carbocycles. The maximum atomic E-state index is 14.9. The molecule has 0 aliphatic carbocycles. The normalized spacial score (nSPS) is 31.0. The lowest BCUT2D eigenvalue weighted by Crippen LogP contribution is -2.56. The minimum Gasteiger partial charge on any atom is -0.455 e. The van der Waals surface area contributed by atoms with Crippen LogP contribution in [0.3, 0.4) is 0 Å². The van der Waals surface area contributed by atoms with E-state index in [0.717, 1.165) is 18.4 Å². The van der Waals surface area contributed by atoms with Crippen molar-refractivity contribution in [3.05, 3.63) is 89.5 Å². The fourth-order valence-electron chi connectivity index (χ4n) is 7.73. The van der Waals surface area contributed by atoms with Crippen LogP contribution in [0.1, 0.15) is 57.1 Å². The zero-order chi connectivity index (χ0) is 34.7. The number of esters is 1. The number of para-hydroxylation sites is 1. The molecule has 3 amide bonds. The number of likely N-dealkylation sites (tertiary alicyclic amines) is 1. The van der Waals surface area contributed by atoms with Crippen LogP contribution in [0.2, 0.25) is 5.02 Å². The van der Waals surface area contributed by atoms with E-state index in [-0.39, 0.29) is 43.8 Å². The van der Waals surface area contributed by atoms with E-state index < -0.39 is 47.7 Å². The number of cyclic esters (lactones) is 1. The Bertz CT molecular complexity index is 1620. The summed E-state index contributed by atoms with van der Waals surface area (Å²) in [6.45, 7) is 2.37. The first-order valence-corrected chi connectivity index (χ1v) is 17.6. The maximum Gasteiger partial charge on any atom is 0.313 e. The molecule has 6 rings (SSSR count). The van der Waals surface area contributed by atoms with Gasteiger partial charge < -0.3 is 29.3 Å². The zero-order valence-corrected chi connectivity index (χ0v) is 28.7. The number of halogens is 1. The highest BCUT2D eigenvalue weighted by Gasteiger charge is 2.73. The van der Waals surface area contributed by atoms with Crippen LogP contribution in [0, 0.1) is 11.8 Å². The number of hydrogen-bond donors (Lipinski definition) is 1. The lowest BCUT2D eigenvalue weighted by molar-refractivity contribution is -0.164. The molecule has 0 aromatic heterocycles. The minimum absolute atomic E-state index is 0.0889. The third-order valence-electron chi connectivity index (χ3n) is 10.4. The molecule has 4 heterocycles. The molecule has 2 saturated heterocycles. The van der Waals surface area contributed by atoms with Crippen molar-refractivity contribution in [2.24, 2.45) is 11.8 Å².